The monoisotopic (exact) mass is 538 g/mol. The zero-order chi connectivity index (χ0) is 27.9. The maximum Gasteiger partial charge on any atom is 0.196 e. The van der Waals surface area contributed by atoms with Crippen LogP contribution in [-0.4, -0.2) is 50.5 Å². The predicted octanol–water partition coefficient (Wildman–Crippen LogP) is 6.73. The van der Waals surface area contributed by atoms with Gasteiger partial charge in [-0.1, -0.05) is 61.4 Å². The molecule has 0 bridgehead atoms. The number of piperazine rings is 1. The van der Waals surface area contributed by atoms with Gasteiger partial charge in [-0.15, -0.1) is 0 Å². The minimum Gasteiger partial charge on any atom is -0.495 e. The van der Waals surface area contributed by atoms with Crippen LogP contribution in [0.25, 0.3) is 22.3 Å². The quantitative estimate of drug-likeness (QED) is 0.156. The van der Waals surface area contributed by atoms with Gasteiger partial charge in [0.25, 0.3) is 0 Å². The van der Waals surface area contributed by atoms with Crippen LogP contribution in [-0.2, 0) is 0 Å². The fraction of sp³-hybridized carbons (Fsp3) is 0.353. The highest BCUT2D eigenvalue weighted by Crippen LogP contribution is 2.29. The first kappa shape index (κ1) is 27.7. The van der Waals surface area contributed by atoms with Crippen molar-refractivity contribution in [2.75, 3.05) is 44.7 Å². The van der Waals surface area contributed by atoms with Gasteiger partial charge in [0.15, 0.2) is 11.2 Å². The number of para-hydroxylation sites is 3. The molecule has 6 heteroatoms. The third-order valence-corrected chi connectivity index (χ3v) is 7.91. The van der Waals surface area contributed by atoms with Crippen LogP contribution in [0.2, 0.25) is 0 Å². The van der Waals surface area contributed by atoms with Gasteiger partial charge in [-0.05, 0) is 50.6 Å². The molecule has 5 rings (SSSR count). The number of unbranched alkanes of at least 4 members (excludes halogenated alkanes) is 3. The van der Waals surface area contributed by atoms with Gasteiger partial charge in [-0.3, -0.25) is 14.5 Å². The second kappa shape index (κ2) is 13.0. The number of anilines is 1. The van der Waals surface area contributed by atoms with E-state index in [1.54, 1.807) is 32.2 Å². The predicted molar refractivity (Wildman–Crippen MR) is 162 cm³/mol. The van der Waals surface area contributed by atoms with Crippen molar-refractivity contribution >= 4 is 22.4 Å². The molecule has 2 heterocycles. The van der Waals surface area contributed by atoms with Crippen LogP contribution in [0.5, 0.6) is 5.75 Å². The van der Waals surface area contributed by atoms with E-state index in [0.717, 1.165) is 69.7 Å². The first-order valence-corrected chi connectivity index (χ1v) is 14.3. The van der Waals surface area contributed by atoms with E-state index < -0.39 is 0 Å². The molecular weight excluding hydrogens is 500 g/mol. The van der Waals surface area contributed by atoms with Crippen LogP contribution in [0.3, 0.4) is 0 Å². The molecule has 0 spiro atoms. The van der Waals surface area contributed by atoms with Crippen LogP contribution in [0, 0.1) is 6.92 Å². The molecule has 1 saturated heterocycles. The molecular formula is C34H38N2O4. The lowest BCUT2D eigenvalue weighted by Gasteiger charge is -2.36. The van der Waals surface area contributed by atoms with Crippen LogP contribution < -0.4 is 15.1 Å². The summed E-state index contributed by atoms with van der Waals surface area (Å²) in [6.45, 7) is 6.97. The summed E-state index contributed by atoms with van der Waals surface area (Å²) >= 11 is 0. The van der Waals surface area contributed by atoms with Crippen molar-refractivity contribution in [2.45, 2.75) is 39.0 Å². The van der Waals surface area contributed by atoms with E-state index in [-0.39, 0.29) is 11.2 Å². The Kier molecular flexibility index (Phi) is 8.97. The second-order valence-corrected chi connectivity index (χ2v) is 10.5. The number of fused-ring (bicyclic) bond motifs is 1. The minimum absolute atomic E-state index is 0.0316. The van der Waals surface area contributed by atoms with Crippen molar-refractivity contribution in [3.8, 4) is 17.1 Å². The van der Waals surface area contributed by atoms with E-state index in [1.165, 1.54) is 5.69 Å². The summed E-state index contributed by atoms with van der Waals surface area (Å²) in [5, 5.41) is 0.467. The first-order valence-electron chi connectivity index (χ1n) is 14.3. The minimum atomic E-state index is -0.0847. The van der Waals surface area contributed by atoms with E-state index in [0.29, 0.717) is 34.3 Å². The van der Waals surface area contributed by atoms with Crippen molar-refractivity contribution < 1.29 is 13.9 Å². The lowest BCUT2D eigenvalue weighted by Crippen LogP contribution is -2.46. The zero-order valence-corrected chi connectivity index (χ0v) is 23.5. The molecule has 0 amide bonds. The van der Waals surface area contributed by atoms with Gasteiger partial charge >= 0.3 is 0 Å². The molecule has 4 aromatic rings. The lowest BCUT2D eigenvalue weighted by molar-refractivity contribution is 0.0979. The Balaban J connectivity index is 1.10. The third-order valence-electron chi connectivity index (χ3n) is 7.91. The number of rotatable bonds is 11. The number of methoxy groups -OCH3 is 1. The summed E-state index contributed by atoms with van der Waals surface area (Å²) in [6.07, 6.45) is 4.52. The summed E-state index contributed by atoms with van der Waals surface area (Å²) in [7, 11) is 1.73. The Morgan fingerprint density at radius 1 is 0.850 bits per heavy atom. The van der Waals surface area contributed by atoms with Gasteiger partial charge in [0, 0.05) is 43.7 Å². The van der Waals surface area contributed by atoms with Gasteiger partial charge in [0.05, 0.1) is 23.7 Å². The smallest absolute Gasteiger partial charge is 0.196 e. The van der Waals surface area contributed by atoms with Crippen molar-refractivity contribution in [2.24, 2.45) is 0 Å². The molecule has 0 unspecified atom stereocenters. The molecule has 40 heavy (non-hydrogen) atoms. The molecule has 0 radical (unpaired) electrons. The summed E-state index contributed by atoms with van der Waals surface area (Å²) in [5.41, 5.74) is 3.38. The van der Waals surface area contributed by atoms with Crippen molar-refractivity contribution in [3.05, 3.63) is 94.1 Å². The summed E-state index contributed by atoms with van der Waals surface area (Å²) in [6, 6.07) is 23.1. The number of hydrogen-bond acceptors (Lipinski definition) is 6. The molecule has 1 aliphatic heterocycles. The number of carbonyl (C=O) groups excluding carboxylic acids is 1. The van der Waals surface area contributed by atoms with Crippen molar-refractivity contribution in [1.29, 1.82) is 0 Å². The van der Waals surface area contributed by atoms with Crippen LogP contribution in [0.15, 0.2) is 82.0 Å². The summed E-state index contributed by atoms with van der Waals surface area (Å²) in [4.78, 5) is 31.2. The largest absolute Gasteiger partial charge is 0.495 e. The lowest BCUT2D eigenvalue weighted by atomic mass is 10.00. The van der Waals surface area contributed by atoms with Gasteiger partial charge in [0.2, 0.25) is 0 Å². The molecule has 0 aliphatic carbocycles. The number of ketones is 1. The van der Waals surface area contributed by atoms with Crippen molar-refractivity contribution in [1.82, 2.24) is 4.90 Å². The molecule has 3 aromatic carbocycles. The highest BCUT2D eigenvalue weighted by atomic mass is 16.5. The fourth-order valence-electron chi connectivity index (χ4n) is 5.61. The van der Waals surface area contributed by atoms with Crippen molar-refractivity contribution in [3.63, 3.8) is 0 Å². The van der Waals surface area contributed by atoms with E-state index in [2.05, 4.69) is 21.9 Å². The highest BCUT2D eigenvalue weighted by molar-refractivity contribution is 6.06. The van der Waals surface area contributed by atoms with E-state index in [9.17, 15) is 9.59 Å². The van der Waals surface area contributed by atoms with Crippen LogP contribution >= 0.6 is 0 Å². The Morgan fingerprint density at radius 2 is 1.57 bits per heavy atom. The first-order chi connectivity index (χ1) is 19.6. The maximum atomic E-state index is 13.2. The molecule has 0 atom stereocenters. The Morgan fingerprint density at radius 3 is 2.35 bits per heavy atom. The van der Waals surface area contributed by atoms with Crippen LogP contribution in [0.4, 0.5) is 5.69 Å². The molecule has 0 saturated carbocycles. The number of ether oxygens (including phenoxy) is 1. The average Bonchev–Trinajstić information content (AvgIpc) is 3.01. The fourth-order valence-corrected chi connectivity index (χ4v) is 5.61. The standard InChI is InChI=1S/C34H38N2O4/c1-25-32(38)28-16-12-15-27(34(28)40-33(25)26-13-6-5-7-14-26)30(37)18-8-3-4-11-20-35-21-23-36(24-22-35)29-17-9-10-19-31(29)39-2/h5-7,9-10,12-17,19H,3-4,8,11,18,20-24H2,1-2H3. The molecule has 1 fully saturated rings. The van der Waals surface area contributed by atoms with E-state index >= 15 is 0 Å². The average molecular weight is 539 g/mol. The number of hydrogen-bond donors (Lipinski definition) is 0. The molecule has 208 valence electrons. The number of nitrogens with zero attached hydrogens (tertiary/aromatic N) is 2. The van der Waals surface area contributed by atoms with Gasteiger partial charge in [-0.25, -0.2) is 0 Å². The molecule has 1 aliphatic rings. The zero-order valence-electron chi connectivity index (χ0n) is 23.5. The van der Waals surface area contributed by atoms with Crippen LogP contribution in [0.1, 0.15) is 48.0 Å². The third kappa shape index (κ3) is 6.13. The molecule has 6 nitrogen and oxygen atoms in total. The van der Waals surface area contributed by atoms with Gasteiger partial charge < -0.3 is 14.1 Å². The van der Waals surface area contributed by atoms with Gasteiger partial charge in [0.1, 0.15) is 17.1 Å². The topological polar surface area (TPSA) is 63.0 Å². The molecule has 0 N–H and O–H groups in total. The normalized spacial score (nSPS) is 14.0. The molecule has 1 aromatic heterocycles. The highest BCUT2D eigenvalue weighted by Gasteiger charge is 2.20. The Bertz CT molecular complexity index is 1500. The van der Waals surface area contributed by atoms with Gasteiger partial charge in [-0.2, -0.15) is 0 Å². The number of carbonyl (C=O) groups is 1. The summed E-state index contributed by atoms with van der Waals surface area (Å²) in [5.74, 6) is 1.49. The number of Topliss-reactive ketones (excluding diaryl/α,β-unsaturated/α-hetero) is 1. The second-order valence-electron chi connectivity index (χ2n) is 10.5. The Hall–Kier alpha value is -3.90. The summed E-state index contributed by atoms with van der Waals surface area (Å²) < 4.78 is 11.8. The Labute approximate surface area is 236 Å². The number of benzene rings is 3. The SMILES string of the molecule is COc1ccccc1N1CCN(CCCCCCC(=O)c2cccc3c(=O)c(C)c(-c4ccccc4)oc23)CC1. The van der Waals surface area contributed by atoms with E-state index in [1.807, 2.05) is 42.5 Å². The maximum absolute atomic E-state index is 13.2. The van der Waals surface area contributed by atoms with E-state index in [4.69, 9.17) is 9.15 Å².